The van der Waals surface area contributed by atoms with Gasteiger partial charge in [0.25, 0.3) is 0 Å². The highest BCUT2D eigenvalue weighted by molar-refractivity contribution is 5.92. The zero-order chi connectivity index (χ0) is 9.87. The summed E-state index contributed by atoms with van der Waals surface area (Å²) in [5.41, 5.74) is 2.35. The maximum atomic E-state index is 11.5. The Bertz CT molecular complexity index is 329. The van der Waals surface area contributed by atoms with E-state index in [2.05, 4.69) is 6.92 Å². The average Bonchev–Trinajstić information content (AvgIpc) is 2.73. The lowest BCUT2D eigenvalue weighted by Gasteiger charge is -2.42. The van der Waals surface area contributed by atoms with Crippen LogP contribution in [0.25, 0.3) is 0 Å². The number of fused-ring (bicyclic) bond motifs is 5. The minimum atomic E-state index is -0.0729. The van der Waals surface area contributed by atoms with Gasteiger partial charge >= 0.3 is 5.97 Å². The van der Waals surface area contributed by atoms with Crippen LogP contribution in [0.2, 0.25) is 0 Å². The summed E-state index contributed by atoms with van der Waals surface area (Å²) >= 11 is 0. The summed E-state index contributed by atoms with van der Waals surface area (Å²) in [5, 5.41) is 0. The molecule has 0 aromatic rings. The normalized spacial score (nSPS) is 43.6. The molecule has 2 fully saturated rings. The van der Waals surface area contributed by atoms with Crippen molar-refractivity contribution in [3.05, 3.63) is 11.1 Å². The molecule has 0 aromatic heterocycles. The molecule has 0 amide bonds. The Kier molecular flexibility index (Phi) is 1.59. The second kappa shape index (κ2) is 2.62. The molecule has 3 aliphatic carbocycles. The molecule has 14 heavy (non-hydrogen) atoms. The van der Waals surface area contributed by atoms with Crippen LogP contribution < -0.4 is 0 Å². The standard InChI is InChI=1S/C12H16O2/c1-6-9-7-3-4-8(5-7)11(9)10(6)12(13)14-2/h7-9,11H,3-5H2,1-2H3/t7-,8+,9+,11-/m1/s1. The summed E-state index contributed by atoms with van der Waals surface area (Å²) in [5.74, 6) is 2.92. The van der Waals surface area contributed by atoms with E-state index in [-0.39, 0.29) is 5.97 Å². The van der Waals surface area contributed by atoms with Gasteiger partial charge in [0.15, 0.2) is 0 Å². The number of esters is 1. The van der Waals surface area contributed by atoms with E-state index in [0.717, 1.165) is 23.3 Å². The number of rotatable bonds is 1. The molecule has 0 radical (unpaired) electrons. The van der Waals surface area contributed by atoms with Gasteiger partial charge in [-0.1, -0.05) is 5.57 Å². The van der Waals surface area contributed by atoms with Crippen LogP contribution in [0, 0.1) is 23.7 Å². The number of carbonyl (C=O) groups excluding carboxylic acids is 1. The minimum Gasteiger partial charge on any atom is -0.466 e. The third-order valence-corrected chi connectivity index (χ3v) is 4.58. The molecular formula is C12H16O2. The monoisotopic (exact) mass is 192 g/mol. The molecule has 0 unspecified atom stereocenters. The molecule has 2 saturated carbocycles. The molecule has 0 aromatic carbocycles. The van der Waals surface area contributed by atoms with Gasteiger partial charge < -0.3 is 4.74 Å². The van der Waals surface area contributed by atoms with Gasteiger partial charge in [0.2, 0.25) is 0 Å². The van der Waals surface area contributed by atoms with Crippen molar-refractivity contribution in [2.75, 3.05) is 7.11 Å². The van der Waals surface area contributed by atoms with Gasteiger partial charge in [-0.15, -0.1) is 0 Å². The SMILES string of the molecule is COC(=O)C1=C(C)[C@H]2[C@@H]3CC[C@@H](C3)[C@@H]12. The molecule has 2 bridgehead atoms. The van der Waals surface area contributed by atoms with Gasteiger partial charge in [0, 0.05) is 11.5 Å². The Hall–Kier alpha value is -0.790. The summed E-state index contributed by atoms with van der Waals surface area (Å²) in [4.78, 5) is 11.5. The number of hydrogen-bond acceptors (Lipinski definition) is 2. The fourth-order valence-electron chi connectivity index (χ4n) is 4.08. The van der Waals surface area contributed by atoms with E-state index in [1.54, 1.807) is 0 Å². The lowest BCUT2D eigenvalue weighted by molar-refractivity contribution is -0.138. The van der Waals surface area contributed by atoms with E-state index >= 15 is 0 Å². The zero-order valence-electron chi connectivity index (χ0n) is 8.75. The Morgan fingerprint density at radius 1 is 1.29 bits per heavy atom. The van der Waals surface area contributed by atoms with Crippen molar-refractivity contribution >= 4 is 5.97 Å². The van der Waals surface area contributed by atoms with E-state index in [1.165, 1.54) is 31.9 Å². The Labute approximate surface area is 84.3 Å². The Morgan fingerprint density at radius 3 is 2.57 bits per heavy atom. The van der Waals surface area contributed by atoms with Crippen LogP contribution in [0.15, 0.2) is 11.1 Å². The summed E-state index contributed by atoms with van der Waals surface area (Å²) in [6, 6.07) is 0. The largest absolute Gasteiger partial charge is 0.466 e. The number of methoxy groups -OCH3 is 1. The van der Waals surface area contributed by atoms with Crippen LogP contribution >= 0.6 is 0 Å². The van der Waals surface area contributed by atoms with Crippen molar-refractivity contribution in [1.82, 2.24) is 0 Å². The summed E-state index contributed by atoms with van der Waals surface area (Å²) in [6.45, 7) is 2.12. The van der Waals surface area contributed by atoms with Crippen molar-refractivity contribution in [3.8, 4) is 0 Å². The minimum absolute atomic E-state index is 0.0729. The highest BCUT2D eigenvalue weighted by Crippen LogP contribution is 2.63. The first-order valence-electron chi connectivity index (χ1n) is 5.53. The number of allylic oxidation sites excluding steroid dienone is 1. The fourth-order valence-corrected chi connectivity index (χ4v) is 4.08. The molecule has 0 spiro atoms. The van der Waals surface area contributed by atoms with Crippen molar-refractivity contribution in [2.45, 2.75) is 26.2 Å². The van der Waals surface area contributed by atoms with Crippen LogP contribution in [0.5, 0.6) is 0 Å². The molecule has 2 nitrogen and oxygen atoms in total. The predicted molar refractivity (Wildman–Crippen MR) is 52.5 cm³/mol. The predicted octanol–water partition coefficient (Wildman–Crippen LogP) is 2.15. The molecule has 0 saturated heterocycles. The maximum Gasteiger partial charge on any atom is 0.333 e. The van der Waals surface area contributed by atoms with Crippen molar-refractivity contribution in [1.29, 1.82) is 0 Å². The van der Waals surface area contributed by atoms with Crippen molar-refractivity contribution in [3.63, 3.8) is 0 Å². The van der Waals surface area contributed by atoms with Crippen molar-refractivity contribution in [2.24, 2.45) is 23.7 Å². The summed E-state index contributed by atoms with van der Waals surface area (Å²) < 4.78 is 4.84. The van der Waals surface area contributed by atoms with E-state index in [4.69, 9.17) is 4.74 Å². The van der Waals surface area contributed by atoms with Crippen molar-refractivity contribution < 1.29 is 9.53 Å². The smallest absolute Gasteiger partial charge is 0.333 e. The molecule has 0 aliphatic heterocycles. The number of ether oxygens (including phenoxy) is 1. The van der Waals surface area contributed by atoms with Crippen LogP contribution in [0.3, 0.4) is 0 Å². The van der Waals surface area contributed by atoms with Gasteiger partial charge in [-0.25, -0.2) is 4.79 Å². The van der Waals surface area contributed by atoms with Crippen LogP contribution in [-0.4, -0.2) is 13.1 Å². The molecule has 0 heterocycles. The van der Waals surface area contributed by atoms with Crippen LogP contribution in [-0.2, 0) is 9.53 Å². The van der Waals surface area contributed by atoms with Crippen LogP contribution in [0.1, 0.15) is 26.2 Å². The quantitative estimate of drug-likeness (QED) is 0.595. The van der Waals surface area contributed by atoms with Gasteiger partial charge in [0.05, 0.1) is 7.11 Å². The first-order chi connectivity index (χ1) is 6.74. The molecule has 2 heteroatoms. The zero-order valence-corrected chi connectivity index (χ0v) is 8.75. The van der Waals surface area contributed by atoms with Gasteiger partial charge in [-0.3, -0.25) is 0 Å². The molecule has 3 rings (SSSR count). The molecule has 76 valence electrons. The number of hydrogen-bond donors (Lipinski definition) is 0. The van der Waals surface area contributed by atoms with E-state index in [0.29, 0.717) is 5.92 Å². The lowest BCUT2D eigenvalue weighted by Crippen LogP contribution is -2.38. The van der Waals surface area contributed by atoms with Gasteiger partial charge in [0.1, 0.15) is 0 Å². The third-order valence-electron chi connectivity index (χ3n) is 4.58. The van der Waals surface area contributed by atoms with Gasteiger partial charge in [-0.05, 0) is 43.9 Å². The molecule has 4 atom stereocenters. The molecule has 0 N–H and O–H groups in total. The van der Waals surface area contributed by atoms with E-state index in [9.17, 15) is 4.79 Å². The topological polar surface area (TPSA) is 26.3 Å². The van der Waals surface area contributed by atoms with E-state index < -0.39 is 0 Å². The van der Waals surface area contributed by atoms with Gasteiger partial charge in [-0.2, -0.15) is 0 Å². The van der Waals surface area contributed by atoms with Crippen LogP contribution in [0.4, 0.5) is 0 Å². The fraction of sp³-hybridized carbons (Fsp3) is 0.750. The highest BCUT2D eigenvalue weighted by atomic mass is 16.5. The summed E-state index contributed by atoms with van der Waals surface area (Å²) in [6.07, 6.45) is 4.07. The first kappa shape index (κ1) is 8.51. The molecular weight excluding hydrogens is 176 g/mol. The Balaban J connectivity index is 1.94. The summed E-state index contributed by atoms with van der Waals surface area (Å²) in [7, 11) is 1.49. The maximum absolute atomic E-state index is 11.5. The third kappa shape index (κ3) is 0.800. The Morgan fingerprint density at radius 2 is 1.93 bits per heavy atom. The second-order valence-corrected chi connectivity index (χ2v) is 4.97. The van der Waals surface area contributed by atoms with E-state index in [1.807, 2.05) is 0 Å². The lowest BCUT2D eigenvalue weighted by atomic mass is 9.62. The first-order valence-corrected chi connectivity index (χ1v) is 5.53. The molecule has 3 aliphatic rings. The average molecular weight is 192 g/mol. The highest BCUT2D eigenvalue weighted by Gasteiger charge is 2.57. The number of carbonyl (C=O) groups is 1. The second-order valence-electron chi connectivity index (χ2n) is 4.97.